The van der Waals surface area contributed by atoms with Gasteiger partial charge < -0.3 is 9.47 Å². The molecule has 3 aromatic carbocycles. The van der Waals surface area contributed by atoms with Gasteiger partial charge in [0, 0.05) is 10.9 Å². The molecule has 0 aliphatic heterocycles. The van der Waals surface area contributed by atoms with Crippen molar-refractivity contribution in [3.05, 3.63) is 65.2 Å². The second-order valence-corrected chi connectivity index (χ2v) is 6.66. The molecule has 25 heavy (non-hydrogen) atoms. The lowest BCUT2D eigenvalue weighted by molar-refractivity contribution is 0.354. The first-order valence-electron chi connectivity index (χ1n) is 7.97. The van der Waals surface area contributed by atoms with Gasteiger partial charge in [-0.1, -0.05) is 42.5 Å². The van der Waals surface area contributed by atoms with Gasteiger partial charge in [0.25, 0.3) is 0 Å². The number of aromatic nitrogens is 1. The zero-order valence-corrected chi connectivity index (χ0v) is 14.8. The van der Waals surface area contributed by atoms with Gasteiger partial charge >= 0.3 is 0 Å². The molecular weight excluding hydrogens is 330 g/mol. The van der Waals surface area contributed by atoms with Gasteiger partial charge in [-0.05, 0) is 29.7 Å². The molecule has 0 unspecified atom stereocenters. The number of benzene rings is 3. The number of thiazole rings is 1. The molecule has 4 heteroatoms. The first kappa shape index (κ1) is 15.7. The van der Waals surface area contributed by atoms with E-state index in [1.165, 1.54) is 15.5 Å². The maximum absolute atomic E-state index is 5.48. The van der Waals surface area contributed by atoms with Gasteiger partial charge in [-0.2, -0.15) is 0 Å². The molecule has 0 saturated carbocycles. The van der Waals surface area contributed by atoms with Crippen molar-refractivity contribution >= 4 is 44.5 Å². The largest absolute Gasteiger partial charge is 0.493 e. The van der Waals surface area contributed by atoms with E-state index in [2.05, 4.69) is 36.4 Å². The maximum Gasteiger partial charge on any atom is 0.167 e. The lowest BCUT2D eigenvalue weighted by Gasteiger charge is -2.09. The number of ether oxygens (including phenoxy) is 2. The molecule has 0 N–H and O–H groups in total. The van der Waals surface area contributed by atoms with Gasteiger partial charge in [0.05, 0.1) is 24.4 Å². The average molecular weight is 347 g/mol. The Kier molecular flexibility index (Phi) is 4.12. The van der Waals surface area contributed by atoms with Crippen molar-refractivity contribution in [3.8, 4) is 11.5 Å². The number of para-hydroxylation sites is 1. The van der Waals surface area contributed by atoms with E-state index in [1.807, 2.05) is 30.4 Å². The zero-order valence-electron chi connectivity index (χ0n) is 14.0. The molecule has 0 aliphatic carbocycles. The molecule has 4 rings (SSSR count). The van der Waals surface area contributed by atoms with Crippen LogP contribution in [0, 0.1) is 0 Å². The first-order chi connectivity index (χ1) is 12.3. The van der Waals surface area contributed by atoms with Crippen LogP contribution in [0.15, 0.2) is 54.6 Å². The second-order valence-electron chi connectivity index (χ2n) is 5.60. The minimum Gasteiger partial charge on any atom is -0.493 e. The highest BCUT2D eigenvalue weighted by Gasteiger charge is 2.08. The highest BCUT2D eigenvalue weighted by atomic mass is 32.1. The summed E-state index contributed by atoms with van der Waals surface area (Å²) in [6.45, 7) is 0. The molecule has 0 fully saturated rings. The van der Waals surface area contributed by atoms with Gasteiger partial charge in [-0.25, -0.2) is 4.98 Å². The topological polar surface area (TPSA) is 31.4 Å². The molecule has 1 heterocycles. The number of hydrogen-bond acceptors (Lipinski definition) is 4. The van der Waals surface area contributed by atoms with Gasteiger partial charge in [0.2, 0.25) is 0 Å². The fourth-order valence-corrected chi connectivity index (χ4v) is 3.84. The number of rotatable bonds is 4. The van der Waals surface area contributed by atoms with Crippen LogP contribution in [-0.4, -0.2) is 19.2 Å². The molecular formula is C21H17NO2S. The van der Waals surface area contributed by atoms with Crippen molar-refractivity contribution in [3.63, 3.8) is 0 Å². The Balaban J connectivity index is 1.76. The van der Waals surface area contributed by atoms with Crippen LogP contribution < -0.4 is 9.47 Å². The summed E-state index contributed by atoms with van der Waals surface area (Å²) in [7, 11) is 3.29. The minimum atomic E-state index is 0.722. The highest BCUT2D eigenvalue weighted by molar-refractivity contribution is 7.19. The Morgan fingerprint density at radius 3 is 2.60 bits per heavy atom. The Labute approximate surface area is 150 Å². The lowest BCUT2D eigenvalue weighted by atomic mass is 10.1. The second kappa shape index (κ2) is 6.57. The van der Waals surface area contributed by atoms with E-state index in [-0.39, 0.29) is 0 Å². The van der Waals surface area contributed by atoms with Crippen molar-refractivity contribution in [1.82, 2.24) is 4.98 Å². The fourth-order valence-electron chi connectivity index (χ4n) is 2.95. The highest BCUT2D eigenvalue weighted by Crippen LogP contribution is 2.33. The molecule has 1 aromatic heterocycles. The van der Waals surface area contributed by atoms with Crippen molar-refractivity contribution in [2.24, 2.45) is 0 Å². The summed E-state index contributed by atoms with van der Waals surface area (Å²) < 4.78 is 12.0. The molecule has 0 spiro atoms. The quantitative estimate of drug-likeness (QED) is 0.479. The van der Waals surface area contributed by atoms with Crippen LogP contribution in [-0.2, 0) is 0 Å². The molecule has 0 amide bonds. The summed E-state index contributed by atoms with van der Waals surface area (Å²) in [5.41, 5.74) is 2.02. The maximum atomic E-state index is 5.48. The molecule has 0 radical (unpaired) electrons. The summed E-state index contributed by atoms with van der Waals surface area (Å²) in [6.07, 6.45) is 4.04. The van der Waals surface area contributed by atoms with Gasteiger partial charge in [0.15, 0.2) is 11.5 Å². The molecule has 0 atom stereocenters. The van der Waals surface area contributed by atoms with Gasteiger partial charge in [-0.15, -0.1) is 11.3 Å². The van der Waals surface area contributed by atoms with Gasteiger partial charge in [-0.3, -0.25) is 0 Å². The monoisotopic (exact) mass is 347 g/mol. The minimum absolute atomic E-state index is 0.722. The number of methoxy groups -OCH3 is 2. The summed E-state index contributed by atoms with van der Waals surface area (Å²) in [6, 6.07) is 18.5. The van der Waals surface area contributed by atoms with E-state index in [9.17, 15) is 0 Å². The molecule has 3 nitrogen and oxygen atoms in total. The third-order valence-electron chi connectivity index (χ3n) is 4.14. The average Bonchev–Trinajstić information content (AvgIpc) is 3.09. The summed E-state index contributed by atoms with van der Waals surface area (Å²) in [5, 5.41) is 3.37. The van der Waals surface area contributed by atoms with Crippen LogP contribution in [0.1, 0.15) is 10.6 Å². The third kappa shape index (κ3) is 2.85. The zero-order chi connectivity index (χ0) is 17.2. The van der Waals surface area contributed by atoms with Crippen molar-refractivity contribution in [2.45, 2.75) is 0 Å². The Morgan fingerprint density at radius 2 is 1.76 bits per heavy atom. The number of hydrogen-bond donors (Lipinski definition) is 0. The molecule has 4 aromatic rings. The Hall–Kier alpha value is -2.85. The van der Waals surface area contributed by atoms with Crippen LogP contribution in [0.4, 0.5) is 0 Å². The van der Waals surface area contributed by atoms with Gasteiger partial charge in [0.1, 0.15) is 5.01 Å². The Morgan fingerprint density at radius 1 is 0.880 bits per heavy atom. The first-order valence-corrected chi connectivity index (χ1v) is 8.79. The van der Waals surface area contributed by atoms with Crippen LogP contribution >= 0.6 is 11.3 Å². The van der Waals surface area contributed by atoms with E-state index >= 15 is 0 Å². The Bertz CT molecular complexity index is 1080. The third-order valence-corrected chi connectivity index (χ3v) is 5.12. The van der Waals surface area contributed by atoms with E-state index < -0.39 is 0 Å². The molecule has 0 aliphatic rings. The van der Waals surface area contributed by atoms with Crippen molar-refractivity contribution in [1.29, 1.82) is 0 Å². The SMILES string of the molecule is COc1cccc(/C=C/c2nc3c(ccc4ccccc43)s2)c1OC. The van der Waals surface area contributed by atoms with Crippen LogP contribution in [0.2, 0.25) is 0 Å². The standard InChI is InChI=1S/C21H17NO2S/c1-23-17-9-5-7-15(21(17)24-2)11-13-19-22-20-16-8-4-3-6-14(16)10-12-18(20)25-19/h3-13H,1-2H3/b13-11+. The van der Waals surface area contributed by atoms with E-state index in [0.717, 1.165) is 27.6 Å². The van der Waals surface area contributed by atoms with Crippen LogP contribution in [0.5, 0.6) is 11.5 Å². The summed E-state index contributed by atoms with van der Waals surface area (Å²) in [4.78, 5) is 4.81. The lowest BCUT2D eigenvalue weighted by Crippen LogP contribution is -1.92. The summed E-state index contributed by atoms with van der Waals surface area (Å²) in [5.74, 6) is 1.45. The smallest absolute Gasteiger partial charge is 0.167 e. The number of fused-ring (bicyclic) bond motifs is 3. The molecule has 124 valence electrons. The van der Waals surface area contributed by atoms with E-state index in [4.69, 9.17) is 14.5 Å². The predicted molar refractivity (Wildman–Crippen MR) is 106 cm³/mol. The number of nitrogens with zero attached hydrogens (tertiary/aromatic N) is 1. The molecule has 0 saturated heterocycles. The van der Waals surface area contributed by atoms with E-state index in [0.29, 0.717) is 0 Å². The van der Waals surface area contributed by atoms with Crippen LogP contribution in [0.25, 0.3) is 33.1 Å². The predicted octanol–water partition coefficient (Wildman–Crippen LogP) is 5.64. The normalized spacial score (nSPS) is 11.4. The van der Waals surface area contributed by atoms with Crippen molar-refractivity contribution < 1.29 is 9.47 Å². The van der Waals surface area contributed by atoms with Crippen LogP contribution in [0.3, 0.4) is 0 Å². The fraction of sp³-hybridized carbons (Fsp3) is 0.0952. The van der Waals surface area contributed by atoms with E-state index in [1.54, 1.807) is 25.6 Å². The van der Waals surface area contributed by atoms with Crippen molar-refractivity contribution in [2.75, 3.05) is 14.2 Å². The summed E-state index contributed by atoms with van der Waals surface area (Å²) >= 11 is 1.68. The molecule has 0 bridgehead atoms.